The second-order valence-corrected chi connectivity index (χ2v) is 17.1. The van der Waals surface area contributed by atoms with Gasteiger partial charge in [-0.1, -0.05) is 24.6 Å². The number of ether oxygens (including phenoxy) is 2. The van der Waals surface area contributed by atoms with Gasteiger partial charge in [-0.15, -0.1) is 11.3 Å². The number of carbonyl (C=O) groups is 1. The summed E-state index contributed by atoms with van der Waals surface area (Å²) in [5.41, 5.74) is 0.267. The van der Waals surface area contributed by atoms with Gasteiger partial charge in [-0.3, -0.25) is 9.52 Å². The first kappa shape index (κ1) is 37.1. The first-order valence-electron chi connectivity index (χ1n) is 15.3. The maximum atomic E-state index is 14.3. The van der Waals surface area contributed by atoms with Crippen LogP contribution in [0.25, 0.3) is 0 Å². The Bertz CT molecular complexity index is 1700. The van der Waals surface area contributed by atoms with E-state index in [1.54, 1.807) is 30.5 Å². The Morgan fingerprint density at radius 2 is 1.83 bits per heavy atom. The number of aliphatic hydroxyl groups is 1. The van der Waals surface area contributed by atoms with Crippen molar-refractivity contribution in [1.29, 1.82) is 0 Å². The Labute approximate surface area is 286 Å². The number of thiophene rings is 1. The van der Waals surface area contributed by atoms with Crippen molar-refractivity contribution in [2.24, 2.45) is 5.92 Å². The third kappa shape index (κ3) is 9.46. The molecule has 0 aliphatic carbocycles. The number of benzene rings is 2. The van der Waals surface area contributed by atoms with Crippen molar-refractivity contribution < 1.29 is 36.2 Å². The van der Waals surface area contributed by atoms with E-state index < -0.39 is 38.1 Å². The SMILES string of the molecule is C[C@@H]1CN([C@@H](C)CO)C(=O)c2cc(NS(=O)(=O)c3ccc(Cl)cc3)ccc2O[C@@H](C)CCCCO[C@@H]1CN(C)S(=O)(=O)c1cccs1. The molecule has 1 amide bonds. The third-order valence-corrected chi connectivity index (χ3v) is 12.9. The summed E-state index contributed by atoms with van der Waals surface area (Å²) in [4.78, 5) is 15.8. The summed E-state index contributed by atoms with van der Waals surface area (Å²) in [6.45, 7) is 5.70. The highest BCUT2D eigenvalue weighted by Gasteiger charge is 2.33. The van der Waals surface area contributed by atoms with Gasteiger partial charge >= 0.3 is 0 Å². The van der Waals surface area contributed by atoms with Crippen molar-refractivity contribution in [3.05, 3.63) is 70.6 Å². The molecule has 47 heavy (non-hydrogen) atoms. The Morgan fingerprint density at radius 3 is 2.49 bits per heavy atom. The number of halogens is 1. The largest absolute Gasteiger partial charge is 0.490 e. The summed E-state index contributed by atoms with van der Waals surface area (Å²) < 4.78 is 69.3. The van der Waals surface area contributed by atoms with E-state index in [4.69, 9.17) is 21.1 Å². The molecular formula is C32H42ClN3O8S3. The first-order chi connectivity index (χ1) is 22.2. The molecular weight excluding hydrogens is 686 g/mol. The van der Waals surface area contributed by atoms with Crippen molar-refractivity contribution in [3.63, 3.8) is 0 Å². The normalized spacial score (nSPS) is 21.0. The average molecular weight is 728 g/mol. The van der Waals surface area contributed by atoms with E-state index in [2.05, 4.69) is 4.72 Å². The van der Waals surface area contributed by atoms with Crippen LogP contribution in [0.15, 0.2) is 69.1 Å². The summed E-state index contributed by atoms with van der Waals surface area (Å²) in [6.07, 6.45) is 1.30. The molecule has 0 spiro atoms. The topological polar surface area (TPSA) is 143 Å². The van der Waals surface area contributed by atoms with Gasteiger partial charge in [0.1, 0.15) is 9.96 Å². The van der Waals surface area contributed by atoms with E-state index in [0.717, 1.165) is 17.8 Å². The van der Waals surface area contributed by atoms with Crippen molar-refractivity contribution in [2.75, 3.05) is 38.1 Å². The van der Waals surface area contributed by atoms with E-state index in [9.17, 15) is 26.7 Å². The van der Waals surface area contributed by atoms with Gasteiger partial charge < -0.3 is 19.5 Å². The number of nitrogens with one attached hydrogen (secondary N) is 1. The minimum Gasteiger partial charge on any atom is -0.490 e. The molecule has 4 rings (SSSR count). The zero-order valence-corrected chi connectivity index (χ0v) is 30.0. The average Bonchev–Trinajstić information content (AvgIpc) is 3.59. The fourth-order valence-electron chi connectivity index (χ4n) is 5.19. The number of sulfonamides is 2. The van der Waals surface area contributed by atoms with Crippen molar-refractivity contribution in [1.82, 2.24) is 9.21 Å². The van der Waals surface area contributed by atoms with E-state index in [1.807, 2.05) is 13.8 Å². The van der Waals surface area contributed by atoms with E-state index in [0.29, 0.717) is 24.5 Å². The second kappa shape index (κ2) is 16.1. The van der Waals surface area contributed by atoms with Crippen LogP contribution in [0, 0.1) is 5.92 Å². The number of anilines is 1. The highest BCUT2D eigenvalue weighted by atomic mass is 35.5. The van der Waals surface area contributed by atoms with Crippen LogP contribution in [-0.2, 0) is 24.8 Å². The molecule has 11 nitrogen and oxygen atoms in total. The quantitative estimate of drug-likeness (QED) is 0.302. The molecule has 1 aliphatic heterocycles. The van der Waals surface area contributed by atoms with Crippen LogP contribution in [0.1, 0.15) is 50.4 Å². The number of carbonyl (C=O) groups excluding carboxylic acids is 1. The predicted octanol–water partition coefficient (Wildman–Crippen LogP) is 5.32. The molecule has 1 aliphatic rings. The van der Waals surface area contributed by atoms with Crippen molar-refractivity contribution in [2.45, 2.75) is 67.4 Å². The summed E-state index contributed by atoms with van der Waals surface area (Å²) in [7, 11) is -6.24. The van der Waals surface area contributed by atoms with Gasteiger partial charge in [0.25, 0.3) is 26.0 Å². The molecule has 258 valence electrons. The monoisotopic (exact) mass is 727 g/mol. The van der Waals surface area contributed by atoms with Crippen LogP contribution in [0.2, 0.25) is 5.02 Å². The Morgan fingerprint density at radius 1 is 1.11 bits per heavy atom. The molecule has 0 bridgehead atoms. The maximum absolute atomic E-state index is 14.3. The number of likely N-dealkylation sites (N-methyl/N-ethyl adjacent to an activating group) is 1. The standard InChI is InChI=1S/C32H42ClN3O8S3/c1-22-19-36(23(2)21-37)32(38)28-18-26(34-46(39,40)27-13-10-25(33)11-14-27)12-15-29(28)44-24(3)8-5-6-16-43-30(22)20-35(4)47(41,42)31-9-7-17-45-31/h7,9-15,17-18,22-24,30,34,37H,5-6,8,16,19-21H2,1-4H3/t22-,23+,24+,30-/m1/s1. The van der Waals surface area contributed by atoms with Crippen molar-refractivity contribution >= 4 is 54.6 Å². The minimum atomic E-state index is -4.01. The molecule has 2 N–H and O–H groups in total. The molecule has 0 fully saturated rings. The predicted molar refractivity (Wildman–Crippen MR) is 183 cm³/mol. The van der Waals surface area contributed by atoms with E-state index in [-0.39, 0.29) is 57.8 Å². The molecule has 2 aromatic carbocycles. The first-order valence-corrected chi connectivity index (χ1v) is 19.5. The molecule has 2 heterocycles. The van der Waals surface area contributed by atoms with Crippen LogP contribution in [0.3, 0.4) is 0 Å². The summed E-state index contributed by atoms with van der Waals surface area (Å²) in [6, 6.07) is 12.8. The lowest BCUT2D eigenvalue weighted by Crippen LogP contribution is -2.48. The van der Waals surface area contributed by atoms with Gasteiger partial charge in [-0.25, -0.2) is 16.8 Å². The highest BCUT2D eigenvalue weighted by molar-refractivity contribution is 7.92. The van der Waals surface area contributed by atoms with Gasteiger partial charge in [-0.2, -0.15) is 4.31 Å². The molecule has 4 atom stereocenters. The summed E-state index contributed by atoms with van der Waals surface area (Å²) in [5.74, 6) is -0.554. The number of amides is 1. The molecule has 0 saturated carbocycles. The number of hydrogen-bond acceptors (Lipinski definition) is 9. The lowest BCUT2D eigenvalue weighted by Gasteiger charge is -2.35. The van der Waals surface area contributed by atoms with Gasteiger partial charge in [0, 0.05) is 43.4 Å². The summed E-state index contributed by atoms with van der Waals surface area (Å²) in [5, 5.41) is 12.3. The third-order valence-electron chi connectivity index (χ3n) is 8.02. The van der Waals surface area contributed by atoms with Crippen LogP contribution >= 0.6 is 22.9 Å². The number of fused-ring (bicyclic) bond motifs is 1. The van der Waals surface area contributed by atoms with E-state index in [1.165, 1.54) is 52.7 Å². The fourth-order valence-corrected chi connectivity index (χ4v) is 8.75. The summed E-state index contributed by atoms with van der Waals surface area (Å²) >= 11 is 7.07. The number of rotatable bonds is 9. The minimum absolute atomic E-state index is 0.000335. The molecule has 0 saturated heterocycles. The highest BCUT2D eigenvalue weighted by Crippen LogP contribution is 2.30. The van der Waals surface area contributed by atoms with Crippen LogP contribution in [0.5, 0.6) is 5.75 Å². The van der Waals surface area contributed by atoms with Crippen LogP contribution in [-0.4, -0.2) is 88.7 Å². The lowest BCUT2D eigenvalue weighted by atomic mass is 10.0. The molecule has 0 radical (unpaired) electrons. The molecule has 1 aromatic heterocycles. The zero-order valence-electron chi connectivity index (χ0n) is 26.8. The second-order valence-electron chi connectivity index (χ2n) is 11.8. The van der Waals surface area contributed by atoms with Crippen LogP contribution in [0.4, 0.5) is 5.69 Å². The maximum Gasteiger partial charge on any atom is 0.261 e. The Kier molecular flexibility index (Phi) is 12.7. The van der Waals surface area contributed by atoms with E-state index >= 15 is 0 Å². The van der Waals surface area contributed by atoms with Crippen molar-refractivity contribution in [3.8, 4) is 5.75 Å². The van der Waals surface area contributed by atoms with Gasteiger partial charge in [0.05, 0.1) is 35.3 Å². The van der Waals surface area contributed by atoms with Gasteiger partial charge in [0.2, 0.25) is 0 Å². The Balaban J connectivity index is 1.68. The number of aliphatic hydroxyl groups excluding tert-OH is 1. The fraction of sp³-hybridized carbons (Fsp3) is 0.469. The smallest absolute Gasteiger partial charge is 0.261 e. The number of hydrogen-bond donors (Lipinski definition) is 2. The van der Waals surface area contributed by atoms with Crippen LogP contribution < -0.4 is 9.46 Å². The van der Waals surface area contributed by atoms with Gasteiger partial charge in [0.15, 0.2) is 0 Å². The lowest BCUT2D eigenvalue weighted by molar-refractivity contribution is -0.00832. The zero-order chi connectivity index (χ0) is 34.4. The molecule has 3 aromatic rings. The van der Waals surface area contributed by atoms with Gasteiger partial charge in [-0.05, 0) is 87.0 Å². The molecule has 15 heteroatoms. The Hall–Kier alpha value is -2.72. The molecule has 0 unspecified atom stereocenters. The number of nitrogens with zero attached hydrogens (tertiary/aromatic N) is 2.